The Bertz CT molecular complexity index is 1240. The highest BCUT2D eigenvalue weighted by molar-refractivity contribution is 5.81. The quantitative estimate of drug-likeness (QED) is 0.220. The van der Waals surface area contributed by atoms with E-state index in [2.05, 4.69) is 24.3 Å². The first-order valence-electron chi connectivity index (χ1n) is 12.9. The predicted molar refractivity (Wildman–Crippen MR) is 148 cm³/mol. The molecule has 4 rings (SSSR count). The summed E-state index contributed by atoms with van der Waals surface area (Å²) in [6.45, 7) is 1.28. The molecule has 1 heterocycles. The van der Waals surface area contributed by atoms with Crippen LogP contribution in [0.3, 0.4) is 0 Å². The molecule has 0 saturated heterocycles. The van der Waals surface area contributed by atoms with Gasteiger partial charge < -0.3 is 24.6 Å². The molecule has 198 valence electrons. The van der Waals surface area contributed by atoms with Gasteiger partial charge in [0.2, 0.25) is 6.10 Å². The van der Waals surface area contributed by atoms with Gasteiger partial charge >= 0.3 is 11.9 Å². The normalized spacial score (nSPS) is 14.6. The van der Waals surface area contributed by atoms with Crippen LogP contribution in [0, 0.1) is 0 Å². The van der Waals surface area contributed by atoms with Crippen molar-refractivity contribution >= 4 is 29.8 Å². The third-order valence-corrected chi connectivity index (χ3v) is 6.41. The van der Waals surface area contributed by atoms with E-state index in [9.17, 15) is 14.7 Å². The molecule has 1 atom stereocenters. The van der Waals surface area contributed by atoms with E-state index in [0.717, 1.165) is 41.8 Å². The summed E-state index contributed by atoms with van der Waals surface area (Å²) < 4.78 is 11.7. The summed E-state index contributed by atoms with van der Waals surface area (Å²) in [6.07, 6.45) is 6.38. The minimum atomic E-state index is -1.05. The number of rotatable bonds is 13. The number of anilines is 1. The van der Waals surface area contributed by atoms with Crippen molar-refractivity contribution in [2.45, 2.75) is 38.2 Å². The molecule has 0 saturated carbocycles. The van der Waals surface area contributed by atoms with Crippen LogP contribution < -0.4 is 14.4 Å². The standard InChI is InChI=1S/C31H33NO6/c33-29(34)13-7-20-32-22-28(31(35)36)38-30-25(11-6-12-27(30)32)17-14-24-15-18-26(19-16-24)37-21-5-4-10-23-8-2-1-3-9-23/h1-3,6,8-9,11-12,14-19,28H,4-5,7,10,13,20-22H2,(H,33,34)(H,35,36)/b17-14-. The highest BCUT2D eigenvalue weighted by atomic mass is 16.5. The molecular formula is C31H33NO6. The Morgan fingerprint density at radius 3 is 2.45 bits per heavy atom. The van der Waals surface area contributed by atoms with Crippen LogP contribution in [0.25, 0.3) is 12.2 Å². The van der Waals surface area contributed by atoms with Crippen molar-refractivity contribution in [3.05, 3.63) is 89.5 Å². The zero-order chi connectivity index (χ0) is 26.7. The van der Waals surface area contributed by atoms with E-state index in [1.807, 2.05) is 65.6 Å². The number of aliphatic carboxylic acids is 2. The van der Waals surface area contributed by atoms with Crippen molar-refractivity contribution in [1.29, 1.82) is 0 Å². The summed E-state index contributed by atoms with van der Waals surface area (Å²) in [4.78, 5) is 24.5. The Morgan fingerprint density at radius 1 is 0.921 bits per heavy atom. The molecule has 1 aliphatic heterocycles. The van der Waals surface area contributed by atoms with Crippen LogP contribution in [-0.2, 0) is 16.0 Å². The van der Waals surface area contributed by atoms with Crippen molar-refractivity contribution in [1.82, 2.24) is 0 Å². The molecule has 7 nitrogen and oxygen atoms in total. The second kappa shape index (κ2) is 13.3. The largest absolute Gasteiger partial charge is 0.494 e. The van der Waals surface area contributed by atoms with Crippen LogP contribution >= 0.6 is 0 Å². The summed E-state index contributed by atoms with van der Waals surface area (Å²) in [7, 11) is 0. The number of benzene rings is 3. The van der Waals surface area contributed by atoms with Gasteiger partial charge in [0, 0.05) is 18.5 Å². The number of carboxylic acid groups (broad SMARTS) is 2. The lowest BCUT2D eigenvalue weighted by Gasteiger charge is -2.35. The fourth-order valence-electron chi connectivity index (χ4n) is 4.42. The minimum absolute atomic E-state index is 0.0252. The van der Waals surface area contributed by atoms with E-state index in [0.29, 0.717) is 25.3 Å². The number of carbonyl (C=O) groups is 2. The third-order valence-electron chi connectivity index (χ3n) is 6.41. The van der Waals surface area contributed by atoms with E-state index in [4.69, 9.17) is 14.6 Å². The Morgan fingerprint density at radius 2 is 1.71 bits per heavy atom. The van der Waals surface area contributed by atoms with Crippen LogP contribution in [0.2, 0.25) is 0 Å². The summed E-state index contributed by atoms with van der Waals surface area (Å²) in [5, 5.41) is 18.6. The Hall–Kier alpha value is -4.26. The number of para-hydroxylation sites is 1. The molecule has 0 radical (unpaired) electrons. The molecule has 3 aromatic rings. The lowest BCUT2D eigenvalue weighted by atomic mass is 10.1. The number of nitrogens with zero attached hydrogens (tertiary/aromatic N) is 1. The monoisotopic (exact) mass is 515 g/mol. The Balaban J connectivity index is 1.35. The third kappa shape index (κ3) is 7.62. The molecule has 0 amide bonds. The number of unbranched alkanes of at least 4 members (excludes halogenated alkanes) is 1. The molecule has 1 unspecified atom stereocenters. The first-order chi connectivity index (χ1) is 18.5. The second-order valence-electron chi connectivity index (χ2n) is 9.28. The lowest BCUT2D eigenvalue weighted by molar-refractivity contribution is -0.145. The van der Waals surface area contributed by atoms with Gasteiger partial charge in [-0.15, -0.1) is 0 Å². The maximum Gasteiger partial charge on any atom is 0.346 e. The van der Waals surface area contributed by atoms with E-state index in [1.54, 1.807) is 0 Å². The van der Waals surface area contributed by atoms with Gasteiger partial charge in [0.1, 0.15) is 5.75 Å². The molecule has 0 aromatic heterocycles. The topological polar surface area (TPSA) is 96.3 Å². The zero-order valence-corrected chi connectivity index (χ0v) is 21.3. The molecule has 3 aromatic carbocycles. The van der Waals surface area contributed by atoms with Gasteiger partial charge in [-0.05, 0) is 55.0 Å². The number of hydrogen-bond donors (Lipinski definition) is 2. The van der Waals surface area contributed by atoms with Gasteiger partial charge in [-0.1, -0.05) is 66.7 Å². The van der Waals surface area contributed by atoms with E-state index < -0.39 is 18.0 Å². The SMILES string of the molecule is O=C(O)CCCN1CC(C(=O)O)Oc2c(/C=C\c3ccc(OCCCCc4ccccc4)cc3)cccc21. The maximum absolute atomic E-state index is 11.7. The van der Waals surface area contributed by atoms with E-state index >= 15 is 0 Å². The molecular weight excluding hydrogens is 482 g/mol. The summed E-state index contributed by atoms with van der Waals surface area (Å²) in [5.74, 6) is -0.602. The van der Waals surface area contributed by atoms with E-state index in [1.165, 1.54) is 5.56 Å². The van der Waals surface area contributed by atoms with Crippen LogP contribution in [0.5, 0.6) is 11.5 Å². The average Bonchev–Trinajstić information content (AvgIpc) is 2.92. The first kappa shape index (κ1) is 26.8. The summed E-state index contributed by atoms with van der Waals surface area (Å²) >= 11 is 0. The molecule has 1 aliphatic rings. The fourth-order valence-corrected chi connectivity index (χ4v) is 4.42. The van der Waals surface area contributed by atoms with Crippen LogP contribution in [0.15, 0.2) is 72.8 Å². The molecule has 38 heavy (non-hydrogen) atoms. The number of carboxylic acids is 2. The number of ether oxygens (including phenoxy) is 2. The zero-order valence-electron chi connectivity index (χ0n) is 21.3. The van der Waals surface area contributed by atoms with Crippen molar-refractivity contribution in [3.8, 4) is 11.5 Å². The Labute approximate surface area is 222 Å². The number of fused-ring (bicyclic) bond motifs is 1. The minimum Gasteiger partial charge on any atom is -0.494 e. The van der Waals surface area contributed by atoms with Gasteiger partial charge in [-0.25, -0.2) is 4.79 Å². The van der Waals surface area contributed by atoms with Gasteiger partial charge in [0.25, 0.3) is 0 Å². The molecule has 2 N–H and O–H groups in total. The second-order valence-corrected chi connectivity index (χ2v) is 9.28. The van der Waals surface area contributed by atoms with E-state index in [-0.39, 0.29) is 13.0 Å². The number of aryl methyl sites for hydroxylation is 1. The smallest absolute Gasteiger partial charge is 0.346 e. The van der Waals surface area contributed by atoms with Crippen LogP contribution in [0.1, 0.15) is 42.4 Å². The van der Waals surface area contributed by atoms with Gasteiger partial charge in [0.15, 0.2) is 5.75 Å². The van der Waals surface area contributed by atoms with Gasteiger partial charge in [-0.3, -0.25) is 4.79 Å². The van der Waals surface area contributed by atoms with Crippen LogP contribution in [-0.4, -0.2) is 48.0 Å². The summed E-state index contributed by atoms with van der Waals surface area (Å²) in [6, 6.07) is 23.9. The van der Waals surface area contributed by atoms with Crippen molar-refractivity contribution < 1.29 is 29.3 Å². The highest BCUT2D eigenvalue weighted by Gasteiger charge is 2.31. The van der Waals surface area contributed by atoms with Crippen molar-refractivity contribution in [2.24, 2.45) is 0 Å². The predicted octanol–water partition coefficient (Wildman–Crippen LogP) is 5.78. The van der Waals surface area contributed by atoms with Gasteiger partial charge in [0.05, 0.1) is 18.8 Å². The number of hydrogen-bond acceptors (Lipinski definition) is 5. The average molecular weight is 516 g/mol. The first-order valence-corrected chi connectivity index (χ1v) is 12.9. The molecule has 0 aliphatic carbocycles. The molecule has 0 bridgehead atoms. The maximum atomic E-state index is 11.7. The molecule has 7 heteroatoms. The van der Waals surface area contributed by atoms with Gasteiger partial charge in [-0.2, -0.15) is 0 Å². The van der Waals surface area contributed by atoms with Crippen molar-refractivity contribution in [2.75, 3.05) is 24.6 Å². The van der Waals surface area contributed by atoms with Crippen molar-refractivity contribution in [3.63, 3.8) is 0 Å². The highest BCUT2D eigenvalue weighted by Crippen LogP contribution is 2.38. The molecule has 0 spiro atoms. The van der Waals surface area contributed by atoms with Crippen LogP contribution in [0.4, 0.5) is 5.69 Å². The lowest BCUT2D eigenvalue weighted by Crippen LogP contribution is -2.45. The fraction of sp³-hybridized carbons (Fsp3) is 0.290. The summed E-state index contributed by atoms with van der Waals surface area (Å²) in [5.41, 5.74) is 3.85. The Kier molecular flexibility index (Phi) is 9.40. The molecule has 0 fully saturated rings.